The largest absolute Gasteiger partial charge is 0.488 e. The number of nitrogens with zero attached hydrogens (tertiary/aromatic N) is 1. The van der Waals surface area contributed by atoms with Gasteiger partial charge in [0.15, 0.2) is 6.29 Å². The van der Waals surface area contributed by atoms with E-state index in [4.69, 9.17) is 4.74 Å². The average molecular weight is 392 g/mol. The maximum absolute atomic E-state index is 11.7. The van der Waals surface area contributed by atoms with Crippen LogP contribution in [0.4, 0.5) is 5.69 Å². The van der Waals surface area contributed by atoms with E-state index in [9.17, 15) is 4.79 Å². The molecule has 0 aromatic heterocycles. The number of carbonyl (C=O) groups is 1. The fourth-order valence-corrected chi connectivity index (χ4v) is 4.07. The molecule has 2 aromatic rings. The summed E-state index contributed by atoms with van der Waals surface area (Å²) in [6, 6.07) is 16.0. The van der Waals surface area contributed by atoms with Crippen LogP contribution in [-0.4, -0.2) is 12.8 Å². The molecule has 4 heteroatoms. The molecule has 0 saturated carbocycles. The molecule has 0 atom stereocenters. The summed E-state index contributed by atoms with van der Waals surface area (Å²) < 4.78 is 8.32. The van der Waals surface area contributed by atoms with Gasteiger partial charge in [0, 0.05) is 17.0 Å². The van der Waals surface area contributed by atoms with Crippen LogP contribution >= 0.6 is 11.9 Å². The maximum Gasteiger partial charge on any atom is 0.150 e. The van der Waals surface area contributed by atoms with E-state index in [0.29, 0.717) is 18.7 Å². The summed E-state index contributed by atoms with van der Waals surface area (Å²) in [6.07, 6.45) is 8.88. The second kappa shape index (κ2) is 10.00. The molecule has 1 heterocycles. The number of carbonyl (C=O) groups excluding carboxylic acids is 1. The minimum Gasteiger partial charge on any atom is -0.488 e. The van der Waals surface area contributed by atoms with Crippen molar-refractivity contribution in [3.05, 3.63) is 89.4 Å². The van der Waals surface area contributed by atoms with Crippen molar-refractivity contribution in [2.45, 2.75) is 26.4 Å². The molecule has 1 aliphatic heterocycles. The summed E-state index contributed by atoms with van der Waals surface area (Å²) >= 11 is 1.71. The number of benzene rings is 2. The van der Waals surface area contributed by atoms with E-state index >= 15 is 0 Å². The lowest BCUT2D eigenvalue weighted by Crippen LogP contribution is -2.21. The van der Waals surface area contributed by atoms with Gasteiger partial charge in [-0.3, -0.25) is 4.79 Å². The van der Waals surface area contributed by atoms with Crippen LogP contribution in [0.15, 0.2) is 78.2 Å². The summed E-state index contributed by atoms with van der Waals surface area (Å²) in [5.41, 5.74) is 3.66. The zero-order chi connectivity index (χ0) is 19.8. The summed E-state index contributed by atoms with van der Waals surface area (Å²) in [5.74, 6) is 0.734. The molecule has 144 valence electrons. The average Bonchev–Trinajstić information content (AvgIpc) is 2.75. The lowest BCUT2D eigenvalue weighted by atomic mass is 10.0. The molecule has 0 spiro atoms. The highest BCUT2D eigenvalue weighted by Crippen LogP contribution is 2.42. The number of hydrogen-bond acceptors (Lipinski definition) is 4. The third-order valence-electron chi connectivity index (χ3n) is 4.55. The summed E-state index contributed by atoms with van der Waals surface area (Å²) in [5, 5.41) is 0. The number of fused-ring (bicyclic) bond motifs is 1. The van der Waals surface area contributed by atoms with Gasteiger partial charge in [-0.1, -0.05) is 54.6 Å². The van der Waals surface area contributed by atoms with E-state index in [2.05, 4.69) is 30.0 Å². The lowest BCUT2D eigenvalue weighted by molar-refractivity contribution is -0.103. The zero-order valence-corrected chi connectivity index (χ0v) is 17.0. The molecule has 3 rings (SSSR count). The molecular formula is C24H25NO2S. The van der Waals surface area contributed by atoms with Crippen LogP contribution in [0.3, 0.4) is 0 Å². The Hall–Kier alpha value is -2.72. The molecule has 3 nitrogen and oxygen atoms in total. The Morgan fingerprint density at radius 3 is 2.75 bits per heavy atom. The highest BCUT2D eigenvalue weighted by molar-refractivity contribution is 8.04. The summed E-state index contributed by atoms with van der Waals surface area (Å²) in [6.45, 7) is 7.02. The highest BCUT2D eigenvalue weighted by Gasteiger charge is 2.23. The van der Waals surface area contributed by atoms with E-state index < -0.39 is 0 Å². The van der Waals surface area contributed by atoms with Crippen LogP contribution in [0.25, 0.3) is 5.57 Å². The number of allylic oxidation sites excluding steroid dienone is 4. The van der Waals surface area contributed by atoms with Gasteiger partial charge in [-0.2, -0.15) is 0 Å². The summed E-state index contributed by atoms with van der Waals surface area (Å²) in [7, 11) is 0. The lowest BCUT2D eigenvalue weighted by Gasteiger charge is -2.30. The molecule has 0 unspecified atom stereocenters. The predicted molar refractivity (Wildman–Crippen MR) is 119 cm³/mol. The van der Waals surface area contributed by atoms with Gasteiger partial charge in [0.2, 0.25) is 0 Å². The molecule has 0 N–H and O–H groups in total. The van der Waals surface area contributed by atoms with E-state index in [-0.39, 0.29) is 0 Å². The van der Waals surface area contributed by atoms with Gasteiger partial charge in [-0.15, -0.1) is 6.58 Å². The first kappa shape index (κ1) is 20.0. The fraction of sp³-hybridized carbons (Fsp3) is 0.208. The van der Waals surface area contributed by atoms with Crippen molar-refractivity contribution < 1.29 is 9.53 Å². The van der Waals surface area contributed by atoms with Crippen LogP contribution in [0.5, 0.6) is 5.75 Å². The number of hydrogen-bond donors (Lipinski definition) is 0. The van der Waals surface area contributed by atoms with Crippen molar-refractivity contribution in [3.8, 4) is 5.75 Å². The highest BCUT2D eigenvalue weighted by atomic mass is 32.2. The van der Waals surface area contributed by atoms with Crippen molar-refractivity contribution in [2.24, 2.45) is 0 Å². The monoisotopic (exact) mass is 391 g/mol. The quantitative estimate of drug-likeness (QED) is 0.290. The first-order valence-electron chi connectivity index (χ1n) is 9.43. The molecule has 0 aliphatic carbocycles. The number of anilines is 1. The third kappa shape index (κ3) is 4.76. The van der Waals surface area contributed by atoms with E-state index in [1.807, 2.05) is 54.6 Å². The standard InChI is InChI=1S/C24H25NO2S/c1-3-5-12-21(4-2)28-25-16-15-20(17-26)24-22(25)13-9-14-23(24)27-18-19-10-7-6-8-11-19/h3-4,6-11,13-15,17H,1,5,12,16,18H2,2H3/b21-4+. The zero-order valence-electron chi connectivity index (χ0n) is 16.1. The van der Waals surface area contributed by atoms with Crippen LogP contribution in [0, 0.1) is 0 Å². The Kier molecular flexibility index (Phi) is 7.15. The van der Waals surface area contributed by atoms with Gasteiger partial charge < -0.3 is 9.04 Å². The van der Waals surface area contributed by atoms with Gasteiger partial charge in [-0.25, -0.2) is 0 Å². The Morgan fingerprint density at radius 1 is 1.21 bits per heavy atom. The van der Waals surface area contributed by atoms with Gasteiger partial charge in [0.1, 0.15) is 12.4 Å². The molecule has 0 amide bonds. The molecule has 0 fully saturated rings. The smallest absolute Gasteiger partial charge is 0.150 e. The molecule has 1 aliphatic rings. The fourth-order valence-electron chi connectivity index (χ4n) is 3.08. The van der Waals surface area contributed by atoms with E-state index in [1.165, 1.54) is 4.91 Å². The molecule has 0 saturated heterocycles. The minimum atomic E-state index is 0.468. The Balaban J connectivity index is 1.86. The normalized spacial score (nSPS) is 13.5. The van der Waals surface area contributed by atoms with Gasteiger partial charge in [0.05, 0.1) is 11.3 Å². The van der Waals surface area contributed by atoms with Crippen molar-refractivity contribution in [3.63, 3.8) is 0 Å². The SMILES string of the molecule is C=CCC/C(=C\C)SN1CC=C(C=O)c2c(OCc3ccccc3)cccc21. The second-order valence-electron chi connectivity index (χ2n) is 6.44. The van der Waals surface area contributed by atoms with Crippen molar-refractivity contribution >= 4 is 29.5 Å². The van der Waals surface area contributed by atoms with E-state index in [0.717, 1.165) is 41.7 Å². The molecule has 0 bridgehead atoms. The van der Waals surface area contributed by atoms with Gasteiger partial charge in [-0.05, 0) is 49.4 Å². The Labute approximate surface area is 171 Å². The predicted octanol–water partition coefficient (Wildman–Crippen LogP) is 6.19. The number of rotatable bonds is 9. The number of ether oxygens (including phenoxy) is 1. The van der Waals surface area contributed by atoms with E-state index in [1.54, 1.807) is 11.9 Å². The van der Waals surface area contributed by atoms with Crippen molar-refractivity contribution in [1.29, 1.82) is 0 Å². The molecule has 28 heavy (non-hydrogen) atoms. The minimum absolute atomic E-state index is 0.468. The molecular weight excluding hydrogens is 366 g/mol. The molecule has 2 aromatic carbocycles. The first-order chi connectivity index (χ1) is 13.8. The first-order valence-corrected chi connectivity index (χ1v) is 10.2. The second-order valence-corrected chi connectivity index (χ2v) is 7.58. The van der Waals surface area contributed by atoms with Crippen molar-refractivity contribution in [1.82, 2.24) is 0 Å². The number of aldehydes is 1. The van der Waals surface area contributed by atoms with Crippen LogP contribution in [-0.2, 0) is 11.4 Å². The van der Waals surface area contributed by atoms with Crippen LogP contribution in [0.2, 0.25) is 0 Å². The van der Waals surface area contributed by atoms with Crippen molar-refractivity contribution in [2.75, 3.05) is 10.8 Å². The van der Waals surface area contributed by atoms with Crippen LogP contribution in [0.1, 0.15) is 30.9 Å². The van der Waals surface area contributed by atoms with Crippen LogP contribution < -0.4 is 9.04 Å². The van der Waals surface area contributed by atoms with Gasteiger partial charge in [0.25, 0.3) is 0 Å². The Morgan fingerprint density at radius 2 is 2.04 bits per heavy atom. The third-order valence-corrected chi connectivity index (χ3v) is 5.79. The molecule has 0 radical (unpaired) electrons. The topological polar surface area (TPSA) is 29.5 Å². The van der Waals surface area contributed by atoms with Gasteiger partial charge >= 0.3 is 0 Å². The maximum atomic E-state index is 11.7. The Bertz CT molecular complexity index is 887. The summed E-state index contributed by atoms with van der Waals surface area (Å²) in [4.78, 5) is 13.0.